The molecule has 1 saturated heterocycles. The van der Waals surface area contributed by atoms with Gasteiger partial charge < -0.3 is 10.2 Å². The number of likely N-dealkylation sites (N-methyl/N-ethyl adjacent to an activating group) is 2. The van der Waals surface area contributed by atoms with Crippen LogP contribution >= 0.6 is 35.3 Å². The van der Waals surface area contributed by atoms with Crippen molar-refractivity contribution in [3.8, 4) is 0 Å². The summed E-state index contributed by atoms with van der Waals surface area (Å²) < 4.78 is 0. The zero-order valence-electron chi connectivity index (χ0n) is 16.3. The summed E-state index contributed by atoms with van der Waals surface area (Å²) in [6.45, 7) is 13.7. The van der Waals surface area contributed by atoms with E-state index >= 15 is 0 Å². The molecule has 1 atom stereocenters. The van der Waals surface area contributed by atoms with Gasteiger partial charge in [0.1, 0.15) is 0 Å². The molecule has 1 aliphatic heterocycles. The molecule has 144 valence electrons. The predicted molar refractivity (Wildman–Crippen MR) is 120 cm³/mol. The van der Waals surface area contributed by atoms with E-state index in [1.54, 1.807) is 11.3 Å². The van der Waals surface area contributed by atoms with Gasteiger partial charge in [-0.2, -0.15) is 0 Å². The van der Waals surface area contributed by atoms with Gasteiger partial charge in [-0.15, -0.1) is 35.3 Å². The van der Waals surface area contributed by atoms with Gasteiger partial charge in [0.15, 0.2) is 5.96 Å². The highest BCUT2D eigenvalue weighted by atomic mass is 127. The third-order valence-electron chi connectivity index (χ3n) is 4.69. The molecule has 2 heterocycles. The summed E-state index contributed by atoms with van der Waals surface area (Å²) >= 11 is 1.80. The van der Waals surface area contributed by atoms with Crippen LogP contribution in [-0.2, 0) is 6.42 Å². The van der Waals surface area contributed by atoms with Crippen molar-refractivity contribution < 1.29 is 0 Å². The van der Waals surface area contributed by atoms with E-state index in [1.165, 1.54) is 24.3 Å². The zero-order valence-corrected chi connectivity index (χ0v) is 19.5. The summed E-state index contributed by atoms with van der Waals surface area (Å²) in [4.78, 5) is 15.6. The Hall–Kier alpha value is -0.410. The van der Waals surface area contributed by atoms with Crippen LogP contribution in [0.2, 0.25) is 0 Å². The van der Waals surface area contributed by atoms with Crippen molar-refractivity contribution in [2.75, 3.05) is 39.8 Å². The number of nitrogens with one attached hydrogen (secondary N) is 1. The van der Waals surface area contributed by atoms with Gasteiger partial charge in [-0.25, -0.2) is 4.98 Å². The topological polar surface area (TPSA) is 43.8 Å². The Bertz CT molecular complexity index is 546. The molecule has 1 N–H and O–H groups in total. The Morgan fingerprint density at radius 3 is 2.76 bits per heavy atom. The summed E-state index contributed by atoms with van der Waals surface area (Å²) in [6.07, 6.45) is 3.60. The smallest absolute Gasteiger partial charge is 0.193 e. The second-order valence-corrected chi connectivity index (χ2v) is 7.82. The Morgan fingerprint density at radius 2 is 2.16 bits per heavy atom. The molecule has 1 aromatic rings. The van der Waals surface area contributed by atoms with E-state index in [-0.39, 0.29) is 24.0 Å². The zero-order chi connectivity index (χ0) is 17.5. The highest BCUT2D eigenvalue weighted by Gasteiger charge is 2.24. The molecule has 2 rings (SSSR count). The van der Waals surface area contributed by atoms with E-state index in [4.69, 9.17) is 4.99 Å². The van der Waals surface area contributed by atoms with Crippen LogP contribution in [0.25, 0.3) is 0 Å². The average molecular weight is 479 g/mol. The normalized spacial score (nSPS) is 18.3. The van der Waals surface area contributed by atoms with Crippen LogP contribution in [0, 0.1) is 13.8 Å². The molecular weight excluding hydrogens is 445 g/mol. The maximum Gasteiger partial charge on any atom is 0.193 e. The van der Waals surface area contributed by atoms with Crippen LogP contribution in [-0.4, -0.2) is 66.6 Å². The number of aryl methyl sites for hydroxylation is 2. The Balaban J connectivity index is 0.00000312. The average Bonchev–Trinajstić information content (AvgIpc) is 3.12. The predicted octanol–water partition coefficient (Wildman–Crippen LogP) is 3.30. The first-order valence-electron chi connectivity index (χ1n) is 9.21. The van der Waals surface area contributed by atoms with Crippen molar-refractivity contribution in [2.45, 2.75) is 53.0 Å². The van der Waals surface area contributed by atoms with Crippen LogP contribution in [0.3, 0.4) is 0 Å². The molecule has 0 spiro atoms. The standard InChI is InChI=1S/C18H33N5S.HI/c1-6-19-18(20-11-10-17-14(3)21-15(4)24-17)22(5)13-16-9-8-12-23(16)7-2;/h16H,6-13H2,1-5H3,(H,19,20);1H. The number of halogens is 1. The first kappa shape index (κ1) is 22.6. The SMILES string of the molecule is CCNC(=NCCc1sc(C)nc1C)N(C)CC1CCCN1CC.I. The minimum atomic E-state index is 0. The molecule has 1 unspecified atom stereocenters. The van der Waals surface area contributed by atoms with Crippen LogP contribution in [0.4, 0.5) is 0 Å². The van der Waals surface area contributed by atoms with Gasteiger partial charge in [-0.05, 0) is 46.7 Å². The van der Waals surface area contributed by atoms with Crippen LogP contribution in [0.5, 0.6) is 0 Å². The third kappa shape index (κ3) is 6.67. The van der Waals surface area contributed by atoms with Gasteiger partial charge in [-0.3, -0.25) is 9.89 Å². The minimum absolute atomic E-state index is 0. The number of guanidine groups is 1. The molecule has 1 fully saturated rings. The lowest BCUT2D eigenvalue weighted by atomic mass is 10.2. The quantitative estimate of drug-likeness (QED) is 0.370. The van der Waals surface area contributed by atoms with Crippen molar-refractivity contribution in [3.63, 3.8) is 0 Å². The molecule has 0 saturated carbocycles. The van der Waals surface area contributed by atoms with Gasteiger partial charge in [0.2, 0.25) is 0 Å². The fourth-order valence-electron chi connectivity index (χ4n) is 3.46. The van der Waals surface area contributed by atoms with Gasteiger partial charge in [-0.1, -0.05) is 6.92 Å². The van der Waals surface area contributed by atoms with Gasteiger partial charge in [0.25, 0.3) is 0 Å². The van der Waals surface area contributed by atoms with E-state index in [1.807, 2.05) is 0 Å². The first-order valence-corrected chi connectivity index (χ1v) is 10.0. The Morgan fingerprint density at radius 1 is 1.40 bits per heavy atom. The van der Waals surface area contributed by atoms with Crippen molar-refractivity contribution in [1.82, 2.24) is 20.1 Å². The molecule has 0 aromatic carbocycles. The van der Waals surface area contributed by atoms with E-state index in [9.17, 15) is 0 Å². The molecule has 25 heavy (non-hydrogen) atoms. The van der Waals surface area contributed by atoms with E-state index in [0.29, 0.717) is 6.04 Å². The van der Waals surface area contributed by atoms with Crippen molar-refractivity contribution in [2.24, 2.45) is 4.99 Å². The minimum Gasteiger partial charge on any atom is -0.357 e. The summed E-state index contributed by atoms with van der Waals surface area (Å²) in [5.74, 6) is 1.03. The molecule has 1 aromatic heterocycles. The molecule has 0 aliphatic carbocycles. The number of thiazole rings is 1. The molecule has 0 bridgehead atoms. The van der Waals surface area contributed by atoms with Gasteiger partial charge in [0, 0.05) is 44.0 Å². The van der Waals surface area contributed by atoms with Crippen molar-refractivity contribution in [1.29, 1.82) is 0 Å². The highest BCUT2D eigenvalue weighted by molar-refractivity contribution is 14.0. The fraction of sp³-hybridized carbons (Fsp3) is 0.778. The lowest BCUT2D eigenvalue weighted by Crippen LogP contribution is -2.46. The van der Waals surface area contributed by atoms with Gasteiger partial charge in [0.05, 0.1) is 10.7 Å². The number of nitrogens with zero attached hydrogens (tertiary/aromatic N) is 4. The molecular formula is C18H34IN5S. The summed E-state index contributed by atoms with van der Waals surface area (Å²) in [6, 6.07) is 0.662. The van der Waals surface area contributed by atoms with Crippen LogP contribution < -0.4 is 5.32 Å². The first-order chi connectivity index (χ1) is 11.5. The van der Waals surface area contributed by atoms with Crippen molar-refractivity contribution >= 4 is 41.3 Å². The highest BCUT2D eigenvalue weighted by Crippen LogP contribution is 2.18. The van der Waals surface area contributed by atoms with E-state index in [0.717, 1.165) is 49.3 Å². The summed E-state index contributed by atoms with van der Waals surface area (Å²) in [5, 5.41) is 4.59. The summed E-state index contributed by atoms with van der Waals surface area (Å²) in [7, 11) is 2.16. The number of likely N-dealkylation sites (tertiary alicyclic amines) is 1. The second-order valence-electron chi connectivity index (χ2n) is 6.53. The van der Waals surface area contributed by atoms with Crippen LogP contribution in [0.1, 0.15) is 42.3 Å². The fourth-order valence-corrected chi connectivity index (χ4v) is 4.39. The lowest BCUT2D eigenvalue weighted by molar-refractivity contribution is 0.232. The molecule has 5 nitrogen and oxygen atoms in total. The second kappa shape index (κ2) is 11.3. The van der Waals surface area contributed by atoms with E-state index in [2.05, 4.69) is 54.8 Å². The molecule has 1 aliphatic rings. The van der Waals surface area contributed by atoms with Crippen LogP contribution in [0.15, 0.2) is 4.99 Å². The maximum absolute atomic E-state index is 4.84. The largest absolute Gasteiger partial charge is 0.357 e. The monoisotopic (exact) mass is 479 g/mol. The lowest BCUT2D eigenvalue weighted by Gasteiger charge is -2.29. The Kier molecular flexibility index (Phi) is 10.3. The van der Waals surface area contributed by atoms with Gasteiger partial charge >= 0.3 is 0 Å². The summed E-state index contributed by atoms with van der Waals surface area (Å²) in [5.41, 5.74) is 1.16. The maximum atomic E-state index is 4.84. The van der Waals surface area contributed by atoms with Crippen molar-refractivity contribution in [3.05, 3.63) is 15.6 Å². The number of aromatic nitrogens is 1. The third-order valence-corrected chi connectivity index (χ3v) is 5.82. The number of rotatable bonds is 7. The Labute approximate surface area is 174 Å². The number of hydrogen-bond donors (Lipinski definition) is 1. The molecule has 0 radical (unpaired) electrons. The molecule has 0 amide bonds. The molecule has 7 heteroatoms. The number of hydrogen-bond acceptors (Lipinski definition) is 4. The number of aliphatic imine (C=N–C) groups is 1. The van der Waals surface area contributed by atoms with E-state index < -0.39 is 0 Å².